The Hall–Kier alpha value is -1.49. The van der Waals surface area contributed by atoms with Gasteiger partial charge in [-0.1, -0.05) is 18.2 Å². The Labute approximate surface area is 132 Å². The van der Waals surface area contributed by atoms with Gasteiger partial charge in [-0.25, -0.2) is 4.39 Å². The molecule has 0 amide bonds. The van der Waals surface area contributed by atoms with Gasteiger partial charge in [0.25, 0.3) is 0 Å². The molecule has 3 aromatic rings. The molecule has 2 heterocycles. The highest BCUT2D eigenvalue weighted by Gasteiger charge is 2.08. The summed E-state index contributed by atoms with van der Waals surface area (Å²) in [5, 5.41) is 7.73. The summed E-state index contributed by atoms with van der Waals surface area (Å²) in [4.78, 5) is 2.59. The first-order chi connectivity index (χ1) is 10.2. The number of benzene rings is 1. The van der Waals surface area contributed by atoms with Crippen molar-refractivity contribution in [3.63, 3.8) is 0 Å². The van der Waals surface area contributed by atoms with Gasteiger partial charge >= 0.3 is 0 Å². The fourth-order valence-corrected chi connectivity index (χ4v) is 3.82. The molecule has 1 aromatic carbocycles. The minimum atomic E-state index is -0.183. The van der Waals surface area contributed by atoms with Crippen LogP contribution in [0.1, 0.15) is 23.4 Å². The fourth-order valence-electron chi connectivity index (χ4n) is 2.19. The predicted molar refractivity (Wildman–Crippen MR) is 89.3 cm³/mol. The summed E-state index contributed by atoms with van der Waals surface area (Å²) in [7, 11) is 0. The first-order valence-electron chi connectivity index (χ1n) is 6.82. The van der Waals surface area contributed by atoms with Crippen LogP contribution in [0.5, 0.6) is 0 Å². The third-order valence-corrected chi connectivity index (χ3v) is 5.25. The van der Waals surface area contributed by atoms with Gasteiger partial charge in [0, 0.05) is 27.9 Å². The van der Waals surface area contributed by atoms with Gasteiger partial charge in [0.05, 0.1) is 0 Å². The van der Waals surface area contributed by atoms with E-state index in [4.69, 9.17) is 0 Å². The minimum Gasteiger partial charge on any atom is -0.305 e. The van der Waals surface area contributed by atoms with Crippen molar-refractivity contribution in [3.05, 3.63) is 69.5 Å². The Morgan fingerprint density at radius 3 is 2.81 bits per heavy atom. The molecule has 21 heavy (non-hydrogen) atoms. The van der Waals surface area contributed by atoms with Crippen molar-refractivity contribution in [2.24, 2.45) is 0 Å². The molecule has 1 nitrogen and oxygen atoms in total. The van der Waals surface area contributed by atoms with Crippen LogP contribution in [0, 0.1) is 5.82 Å². The van der Waals surface area contributed by atoms with Crippen LogP contribution in [0.4, 0.5) is 4.39 Å². The van der Waals surface area contributed by atoms with Crippen molar-refractivity contribution < 1.29 is 4.39 Å². The van der Waals surface area contributed by atoms with E-state index in [-0.39, 0.29) is 11.9 Å². The number of halogens is 1. The highest BCUT2D eigenvalue weighted by atomic mass is 32.1. The first-order valence-corrected chi connectivity index (χ1v) is 8.58. The van der Waals surface area contributed by atoms with E-state index in [0.29, 0.717) is 0 Å². The molecule has 1 atom stereocenters. The molecule has 0 radical (unpaired) electrons. The van der Waals surface area contributed by atoms with Crippen molar-refractivity contribution in [2.75, 3.05) is 0 Å². The van der Waals surface area contributed by atoms with Gasteiger partial charge in [0.1, 0.15) is 5.82 Å². The summed E-state index contributed by atoms with van der Waals surface area (Å²) in [6, 6.07) is 13.3. The molecular formula is C17H16FNS2. The summed E-state index contributed by atoms with van der Waals surface area (Å²) >= 11 is 3.52. The molecule has 0 spiro atoms. The van der Waals surface area contributed by atoms with Gasteiger partial charge in [-0.15, -0.1) is 22.7 Å². The average Bonchev–Trinajstić information content (AvgIpc) is 3.15. The van der Waals surface area contributed by atoms with Crippen molar-refractivity contribution >= 4 is 22.7 Å². The van der Waals surface area contributed by atoms with Gasteiger partial charge in [-0.05, 0) is 47.5 Å². The predicted octanol–water partition coefficient (Wildman–Crippen LogP) is 5.47. The fraction of sp³-hybridized carbons (Fsp3) is 0.176. The second-order valence-corrected chi connectivity index (χ2v) is 6.88. The summed E-state index contributed by atoms with van der Waals surface area (Å²) in [6.45, 7) is 2.86. The van der Waals surface area contributed by atoms with Gasteiger partial charge in [-0.2, -0.15) is 0 Å². The molecule has 0 bridgehead atoms. The number of rotatable bonds is 5. The first kappa shape index (κ1) is 14.4. The second-order valence-electron chi connectivity index (χ2n) is 4.94. The summed E-state index contributed by atoms with van der Waals surface area (Å²) < 4.78 is 13.2. The van der Waals surface area contributed by atoms with Crippen LogP contribution < -0.4 is 5.32 Å². The number of thiophene rings is 2. The third kappa shape index (κ3) is 3.59. The van der Waals surface area contributed by atoms with Crippen molar-refractivity contribution in [1.29, 1.82) is 0 Å². The lowest BCUT2D eigenvalue weighted by molar-refractivity contribution is 0.568. The molecule has 0 aliphatic rings. The van der Waals surface area contributed by atoms with Crippen molar-refractivity contribution in [3.8, 4) is 10.4 Å². The van der Waals surface area contributed by atoms with E-state index in [0.717, 1.165) is 12.1 Å². The lowest BCUT2D eigenvalue weighted by atomic mass is 10.1. The SMILES string of the molecule is C[C@H](NCc1cc(-c2cccs2)cs1)c1cccc(F)c1. The van der Waals surface area contributed by atoms with Gasteiger partial charge in [0.2, 0.25) is 0 Å². The smallest absolute Gasteiger partial charge is 0.123 e. The average molecular weight is 317 g/mol. The van der Waals surface area contributed by atoms with Crippen LogP contribution in [-0.2, 0) is 6.54 Å². The molecule has 2 aromatic heterocycles. The summed E-state index contributed by atoms with van der Waals surface area (Å²) in [6.07, 6.45) is 0. The van der Waals surface area contributed by atoms with E-state index in [1.807, 2.05) is 6.07 Å². The number of hydrogen-bond donors (Lipinski definition) is 1. The van der Waals surface area contributed by atoms with Crippen LogP contribution in [0.2, 0.25) is 0 Å². The third-order valence-electron chi connectivity index (χ3n) is 3.39. The van der Waals surface area contributed by atoms with E-state index in [9.17, 15) is 4.39 Å². The molecule has 4 heteroatoms. The van der Waals surface area contributed by atoms with Gasteiger partial charge in [-0.3, -0.25) is 0 Å². The molecule has 0 fully saturated rings. The van der Waals surface area contributed by atoms with Crippen LogP contribution in [-0.4, -0.2) is 0 Å². The van der Waals surface area contributed by atoms with E-state index < -0.39 is 0 Å². The minimum absolute atomic E-state index is 0.132. The summed E-state index contributed by atoms with van der Waals surface area (Å²) in [5.74, 6) is -0.183. The quantitative estimate of drug-likeness (QED) is 0.658. The molecule has 0 aliphatic carbocycles. The Kier molecular flexibility index (Phi) is 4.48. The van der Waals surface area contributed by atoms with Gasteiger partial charge in [0.15, 0.2) is 0 Å². The molecule has 0 unspecified atom stereocenters. The highest BCUT2D eigenvalue weighted by molar-refractivity contribution is 7.14. The lowest BCUT2D eigenvalue weighted by Crippen LogP contribution is -2.17. The van der Waals surface area contributed by atoms with Crippen molar-refractivity contribution in [2.45, 2.75) is 19.5 Å². The zero-order valence-electron chi connectivity index (χ0n) is 11.7. The Morgan fingerprint density at radius 1 is 1.14 bits per heavy atom. The maximum atomic E-state index is 13.2. The number of hydrogen-bond acceptors (Lipinski definition) is 3. The van der Waals surface area contributed by atoms with Crippen LogP contribution in [0.3, 0.4) is 0 Å². The van der Waals surface area contributed by atoms with E-state index >= 15 is 0 Å². The zero-order valence-corrected chi connectivity index (χ0v) is 13.3. The maximum absolute atomic E-state index is 13.2. The molecule has 0 saturated heterocycles. The Morgan fingerprint density at radius 2 is 2.05 bits per heavy atom. The normalized spacial score (nSPS) is 12.5. The molecule has 0 saturated carbocycles. The molecule has 0 aliphatic heterocycles. The standard InChI is InChI=1S/C17H16FNS2/c1-12(13-4-2-5-15(18)8-13)19-10-16-9-14(11-21-16)17-6-3-7-20-17/h2-9,11-12,19H,10H2,1H3/t12-/m0/s1. The van der Waals surface area contributed by atoms with Crippen LogP contribution >= 0.6 is 22.7 Å². The molecule has 3 rings (SSSR count). The highest BCUT2D eigenvalue weighted by Crippen LogP contribution is 2.29. The summed E-state index contributed by atoms with van der Waals surface area (Å²) in [5.41, 5.74) is 2.26. The Bertz CT molecular complexity index is 703. The van der Waals surface area contributed by atoms with E-state index in [1.165, 1.54) is 21.4 Å². The molecule has 108 valence electrons. The lowest BCUT2D eigenvalue weighted by Gasteiger charge is -2.13. The number of nitrogens with one attached hydrogen (secondary N) is 1. The van der Waals surface area contributed by atoms with Crippen molar-refractivity contribution in [1.82, 2.24) is 5.32 Å². The van der Waals surface area contributed by atoms with E-state index in [1.54, 1.807) is 34.8 Å². The molecule has 1 N–H and O–H groups in total. The van der Waals surface area contributed by atoms with Gasteiger partial charge < -0.3 is 5.32 Å². The maximum Gasteiger partial charge on any atom is 0.123 e. The van der Waals surface area contributed by atoms with E-state index in [2.05, 4.69) is 41.2 Å². The largest absolute Gasteiger partial charge is 0.305 e. The molecular weight excluding hydrogens is 301 g/mol. The second kappa shape index (κ2) is 6.52. The van der Waals surface area contributed by atoms with Crippen LogP contribution in [0.15, 0.2) is 53.2 Å². The Balaban J connectivity index is 1.63. The monoisotopic (exact) mass is 317 g/mol. The topological polar surface area (TPSA) is 12.0 Å². The van der Waals surface area contributed by atoms with Crippen LogP contribution in [0.25, 0.3) is 10.4 Å². The zero-order chi connectivity index (χ0) is 14.7.